The van der Waals surface area contributed by atoms with E-state index in [2.05, 4.69) is 52.1 Å². The summed E-state index contributed by atoms with van der Waals surface area (Å²) in [4.78, 5) is 2.51. The van der Waals surface area contributed by atoms with Crippen LogP contribution in [-0.4, -0.2) is 49.9 Å². The van der Waals surface area contributed by atoms with E-state index >= 15 is 0 Å². The van der Waals surface area contributed by atoms with E-state index in [9.17, 15) is 8.42 Å². The van der Waals surface area contributed by atoms with Crippen molar-refractivity contribution < 1.29 is 13.2 Å². The summed E-state index contributed by atoms with van der Waals surface area (Å²) in [6, 6.07) is 15.1. The number of nitrogens with zero attached hydrogens (tertiary/aromatic N) is 1. The monoisotopic (exact) mass is 400 g/mol. The van der Waals surface area contributed by atoms with Gasteiger partial charge in [-0.05, 0) is 42.0 Å². The first-order valence-electron chi connectivity index (χ1n) is 10.4. The van der Waals surface area contributed by atoms with Gasteiger partial charge in [-0.25, -0.2) is 13.1 Å². The van der Waals surface area contributed by atoms with E-state index < -0.39 is 10.0 Å². The summed E-state index contributed by atoms with van der Waals surface area (Å²) in [7, 11) is -3.10. The molecule has 5 rings (SSSR count). The van der Waals surface area contributed by atoms with Crippen LogP contribution in [0.4, 0.5) is 0 Å². The SMILES string of the molecule is O=S(=O)(NCC1CC2(CCN(Cc3cccc4ccccc34)CC2)O1)C1CC1. The Morgan fingerprint density at radius 1 is 1.07 bits per heavy atom. The zero-order valence-corrected chi connectivity index (χ0v) is 17.0. The maximum atomic E-state index is 11.9. The molecule has 1 atom stereocenters. The third kappa shape index (κ3) is 3.71. The van der Waals surface area contributed by atoms with Crippen LogP contribution in [0.1, 0.15) is 37.7 Å². The number of likely N-dealkylation sites (tertiary alicyclic amines) is 1. The van der Waals surface area contributed by atoms with Crippen LogP contribution in [0.25, 0.3) is 10.8 Å². The molecule has 5 nitrogen and oxygen atoms in total. The Bertz CT molecular complexity index is 949. The highest BCUT2D eigenvalue weighted by atomic mass is 32.2. The van der Waals surface area contributed by atoms with Crippen LogP contribution in [0.5, 0.6) is 0 Å². The first-order valence-corrected chi connectivity index (χ1v) is 11.9. The van der Waals surface area contributed by atoms with Crippen LogP contribution in [0.3, 0.4) is 0 Å². The predicted molar refractivity (Wildman–Crippen MR) is 111 cm³/mol. The Hall–Kier alpha value is -1.47. The molecule has 1 unspecified atom stereocenters. The van der Waals surface area contributed by atoms with E-state index in [1.165, 1.54) is 16.3 Å². The van der Waals surface area contributed by atoms with Gasteiger partial charge in [0.1, 0.15) is 0 Å². The standard InChI is InChI=1S/C22H28N2O3S/c25-28(26,20-8-9-20)23-15-19-14-22(27-19)10-12-24(13-11-22)16-18-6-3-5-17-4-1-2-7-21(17)18/h1-7,19-20,23H,8-16H2. The van der Waals surface area contributed by atoms with Gasteiger partial charge in [-0.15, -0.1) is 0 Å². The summed E-state index contributed by atoms with van der Waals surface area (Å²) in [5.41, 5.74) is 1.36. The molecule has 0 bridgehead atoms. The number of ether oxygens (including phenoxy) is 1. The minimum absolute atomic E-state index is 0.0229. The zero-order chi connectivity index (χ0) is 19.2. The topological polar surface area (TPSA) is 58.6 Å². The zero-order valence-electron chi connectivity index (χ0n) is 16.1. The lowest BCUT2D eigenvalue weighted by Gasteiger charge is -2.52. The minimum Gasteiger partial charge on any atom is -0.370 e. The van der Waals surface area contributed by atoms with Gasteiger partial charge in [-0.1, -0.05) is 42.5 Å². The average Bonchev–Trinajstić information content (AvgIpc) is 3.52. The van der Waals surface area contributed by atoms with Gasteiger partial charge in [0.15, 0.2) is 0 Å². The Balaban J connectivity index is 1.12. The normalized spacial score (nSPS) is 25.1. The summed E-state index contributed by atoms with van der Waals surface area (Å²) >= 11 is 0. The molecule has 1 N–H and O–H groups in total. The third-order valence-corrected chi connectivity index (χ3v) is 8.45. The number of hydrogen-bond donors (Lipinski definition) is 1. The highest BCUT2D eigenvalue weighted by molar-refractivity contribution is 7.90. The fourth-order valence-electron chi connectivity index (χ4n) is 4.69. The Kier molecular flexibility index (Phi) is 4.70. The molecule has 1 aliphatic carbocycles. The second-order valence-electron chi connectivity index (χ2n) is 8.63. The fourth-order valence-corrected chi connectivity index (χ4v) is 6.10. The number of rotatable bonds is 6. The van der Waals surface area contributed by atoms with Crippen molar-refractivity contribution in [3.8, 4) is 0 Å². The van der Waals surface area contributed by atoms with Gasteiger partial charge < -0.3 is 4.74 Å². The van der Waals surface area contributed by atoms with Gasteiger partial charge in [-0.3, -0.25) is 4.90 Å². The molecule has 2 saturated heterocycles. The highest BCUT2D eigenvalue weighted by Gasteiger charge is 2.47. The van der Waals surface area contributed by atoms with E-state index in [1.54, 1.807) is 0 Å². The van der Waals surface area contributed by atoms with Gasteiger partial charge in [-0.2, -0.15) is 0 Å². The lowest BCUT2D eigenvalue weighted by molar-refractivity contribution is -0.222. The molecule has 0 amide bonds. The molecule has 0 aromatic heterocycles. The maximum Gasteiger partial charge on any atom is 0.214 e. The van der Waals surface area contributed by atoms with Crippen molar-refractivity contribution >= 4 is 20.8 Å². The molecule has 3 aliphatic rings. The summed E-state index contributed by atoms with van der Waals surface area (Å²) in [6.45, 7) is 3.47. The minimum atomic E-state index is -3.10. The smallest absolute Gasteiger partial charge is 0.214 e. The van der Waals surface area contributed by atoms with Gasteiger partial charge in [0.2, 0.25) is 10.0 Å². The molecule has 0 radical (unpaired) electrons. The van der Waals surface area contributed by atoms with Crippen molar-refractivity contribution in [2.75, 3.05) is 19.6 Å². The van der Waals surface area contributed by atoms with Gasteiger partial charge >= 0.3 is 0 Å². The summed E-state index contributed by atoms with van der Waals surface area (Å²) in [5.74, 6) is 0. The van der Waals surface area contributed by atoms with Crippen LogP contribution in [0.2, 0.25) is 0 Å². The van der Waals surface area contributed by atoms with E-state index in [4.69, 9.17) is 4.74 Å². The van der Waals surface area contributed by atoms with E-state index in [0.29, 0.717) is 6.54 Å². The van der Waals surface area contributed by atoms with E-state index in [-0.39, 0.29) is 17.0 Å². The van der Waals surface area contributed by atoms with Gasteiger partial charge in [0.25, 0.3) is 0 Å². The molecule has 2 aromatic carbocycles. The van der Waals surface area contributed by atoms with Crippen LogP contribution in [0.15, 0.2) is 42.5 Å². The van der Waals surface area contributed by atoms with Crippen molar-refractivity contribution in [2.45, 2.75) is 55.6 Å². The summed E-state index contributed by atoms with van der Waals surface area (Å²) < 4.78 is 32.8. The molecule has 150 valence electrons. The van der Waals surface area contributed by atoms with Crippen LogP contribution < -0.4 is 4.72 Å². The quantitative estimate of drug-likeness (QED) is 0.810. The molecular formula is C22H28N2O3S. The van der Waals surface area contributed by atoms with E-state index in [1.807, 2.05) is 0 Å². The lowest BCUT2D eigenvalue weighted by Crippen LogP contribution is -2.59. The maximum absolute atomic E-state index is 11.9. The number of sulfonamides is 1. The Morgan fingerprint density at radius 3 is 2.54 bits per heavy atom. The van der Waals surface area contributed by atoms with Gasteiger partial charge in [0.05, 0.1) is 17.0 Å². The molecule has 3 fully saturated rings. The molecule has 2 heterocycles. The van der Waals surface area contributed by atoms with Crippen LogP contribution in [0, 0.1) is 0 Å². The molecule has 1 spiro atoms. The van der Waals surface area contributed by atoms with Crippen molar-refractivity contribution in [2.24, 2.45) is 0 Å². The van der Waals surface area contributed by atoms with Crippen molar-refractivity contribution in [3.63, 3.8) is 0 Å². The fraction of sp³-hybridized carbons (Fsp3) is 0.545. The van der Waals surface area contributed by atoms with Crippen molar-refractivity contribution in [1.29, 1.82) is 0 Å². The second-order valence-corrected chi connectivity index (χ2v) is 10.7. The second kappa shape index (κ2) is 7.10. The molecule has 2 aliphatic heterocycles. The van der Waals surface area contributed by atoms with Gasteiger partial charge in [0, 0.05) is 32.6 Å². The molecule has 2 aromatic rings. The van der Waals surface area contributed by atoms with Crippen molar-refractivity contribution in [3.05, 3.63) is 48.0 Å². The number of fused-ring (bicyclic) bond motifs is 1. The number of nitrogens with one attached hydrogen (secondary N) is 1. The largest absolute Gasteiger partial charge is 0.370 e. The average molecular weight is 401 g/mol. The predicted octanol–water partition coefficient (Wildman–Crippen LogP) is 3.05. The number of hydrogen-bond acceptors (Lipinski definition) is 4. The summed E-state index contributed by atoms with van der Waals surface area (Å²) in [6.07, 6.45) is 4.68. The Morgan fingerprint density at radius 2 is 1.79 bits per heavy atom. The molecule has 28 heavy (non-hydrogen) atoms. The lowest BCUT2D eigenvalue weighted by atomic mass is 9.80. The molecule has 1 saturated carbocycles. The molecular weight excluding hydrogens is 372 g/mol. The van der Waals surface area contributed by atoms with Crippen LogP contribution in [-0.2, 0) is 21.3 Å². The summed E-state index contributed by atoms with van der Waals surface area (Å²) in [5, 5.41) is 2.49. The third-order valence-electron chi connectivity index (χ3n) is 6.53. The highest BCUT2D eigenvalue weighted by Crippen LogP contribution is 2.41. The number of benzene rings is 2. The molecule has 6 heteroatoms. The number of piperidine rings is 1. The van der Waals surface area contributed by atoms with E-state index in [0.717, 1.165) is 51.7 Å². The van der Waals surface area contributed by atoms with Crippen molar-refractivity contribution in [1.82, 2.24) is 9.62 Å². The Labute approximate surface area is 167 Å². The first kappa shape index (κ1) is 18.6. The first-order chi connectivity index (χ1) is 13.5. The van der Waals surface area contributed by atoms with Crippen LogP contribution >= 0.6 is 0 Å².